The first-order chi connectivity index (χ1) is 17.2. The number of aliphatic hydroxyl groups excluding tert-OH is 1. The highest BCUT2D eigenvalue weighted by molar-refractivity contribution is 6.31. The molecule has 1 aliphatic rings. The molecule has 0 radical (unpaired) electrons. The zero-order chi connectivity index (χ0) is 26.2. The van der Waals surface area contributed by atoms with E-state index in [1.165, 1.54) is 0 Å². The van der Waals surface area contributed by atoms with Crippen molar-refractivity contribution in [2.24, 2.45) is 17.6 Å². The van der Waals surface area contributed by atoms with Crippen LogP contribution in [0.15, 0.2) is 54.2 Å². The van der Waals surface area contributed by atoms with Crippen LogP contribution in [-0.4, -0.2) is 28.7 Å². The van der Waals surface area contributed by atoms with Gasteiger partial charge >= 0.3 is 5.97 Å². The predicted molar refractivity (Wildman–Crippen MR) is 141 cm³/mol. The van der Waals surface area contributed by atoms with Crippen molar-refractivity contribution in [2.45, 2.75) is 71.5 Å². The van der Waals surface area contributed by atoms with Crippen LogP contribution in [0, 0.1) is 11.8 Å². The number of carboxylic acid groups (broad SMARTS) is 1. The van der Waals surface area contributed by atoms with E-state index in [2.05, 4.69) is 5.32 Å². The van der Waals surface area contributed by atoms with Crippen LogP contribution in [0.3, 0.4) is 0 Å². The second-order valence-corrected chi connectivity index (χ2v) is 9.81. The van der Waals surface area contributed by atoms with Crippen molar-refractivity contribution in [3.8, 4) is 5.75 Å². The molecule has 196 valence electrons. The molecule has 8 heteroatoms. The van der Waals surface area contributed by atoms with Gasteiger partial charge in [-0.1, -0.05) is 43.6 Å². The van der Waals surface area contributed by atoms with Crippen LogP contribution in [0.5, 0.6) is 5.75 Å². The number of ether oxygens (including phenoxy) is 2. The molecular weight excluding hydrogens is 480 g/mol. The van der Waals surface area contributed by atoms with E-state index in [0.29, 0.717) is 35.0 Å². The molecule has 0 spiro atoms. The molecule has 0 heterocycles. The lowest BCUT2D eigenvalue weighted by Crippen LogP contribution is -2.35. The minimum Gasteiger partial charge on any atom is -0.490 e. The largest absolute Gasteiger partial charge is 0.490 e. The van der Waals surface area contributed by atoms with Crippen molar-refractivity contribution < 1.29 is 24.5 Å². The Bertz CT molecular complexity index is 1040. The molecule has 0 aliphatic heterocycles. The number of rotatable bonds is 11. The Morgan fingerprint density at radius 1 is 1.17 bits per heavy atom. The lowest BCUT2D eigenvalue weighted by atomic mass is 9.87. The normalized spacial score (nSPS) is 21.1. The van der Waals surface area contributed by atoms with E-state index in [1.807, 2.05) is 63.2 Å². The Morgan fingerprint density at radius 2 is 1.86 bits per heavy atom. The summed E-state index contributed by atoms with van der Waals surface area (Å²) in [7, 11) is 0. The van der Waals surface area contributed by atoms with E-state index in [9.17, 15) is 15.0 Å². The molecule has 1 saturated carbocycles. The monoisotopic (exact) mass is 516 g/mol. The quantitative estimate of drug-likeness (QED) is 0.284. The molecule has 5 N–H and O–H groups in total. The fourth-order valence-corrected chi connectivity index (χ4v) is 4.75. The zero-order valence-electron chi connectivity index (χ0n) is 21.1. The Balaban J connectivity index is 1.70. The summed E-state index contributed by atoms with van der Waals surface area (Å²) in [5.74, 6) is -0.378. The van der Waals surface area contributed by atoms with E-state index >= 15 is 0 Å². The molecule has 2 aromatic carbocycles. The second kappa shape index (κ2) is 13.0. The van der Waals surface area contributed by atoms with Crippen molar-refractivity contribution >= 4 is 23.3 Å². The van der Waals surface area contributed by atoms with Gasteiger partial charge < -0.3 is 30.7 Å². The van der Waals surface area contributed by atoms with Crippen LogP contribution < -0.4 is 15.8 Å². The second-order valence-electron chi connectivity index (χ2n) is 9.40. The zero-order valence-corrected chi connectivity index (χ0v) is 21.9. The average Bonchev–Trinajstić information content (AvgIpc) is 2.87. The third kappa shape index (κ3) is 7.38. The smallest absolute Gasteiger partial charge is 0.306 e. The predicted octanol–water partition coefficient (Wildman–Crippen LogP) is 5.68. The van der Waals surface area contributed by atoms with Crippen molar-refractivity contribution in [1.29, 1.82) is 0 Å². The van der Waals surface area contributed by atoms with E-state index in [0.717, 1.165) is 30.4 Å². The maximum Gasteiger partial charge on any atom is 0.306 e. The molecule has 0 bridgehead atoms. The Kier molecular flexibility index (Phi) is 10.0. The van der Waals surface area contributed by atoms with Crippen molar-refractivity contribution in [3.05, 3.63) is 70.4 Å². The highest BCUT2D eigenvalue weighted by atomic mass is 35.5. The summed E-state index contributed by atoms with van der Waals surface area (Å²) in [4.78, 5) is 11.3. The number of benzene rings is 2. The highest BCUT2D eigenvalue weighted by Crippen LogP contribution is 2.30. The lowest BCUT2D eigenvalue weighted by molar-refractivity contribution is -0.146. The molecule has 0 amide bonds. The van der Waals surface area contributed by atoms with Gasteiger partial charge in [0.1, 0.15) is 5.75 Å². The number of aliphatic carboxylic acids is 1. The summed E-state index contributed by atoms with van der Waals surface area (Å²) in [5.41, 5.74) is 9.29. The number of hydrogen-bond acceptors (Lipinski definition) is 6. The Morgan fingerprint density at radius 3 is 2.50 bits per heavy atom. The van der Waals surface area contributed by atoms with Gasteiger partial charge in [-0.15, -0.1) is 0 Å². The van der Waals surface area contributed by atoms with Gasteiger partial charge in [-0.25, -0.2) is 0 Å². The van der Waals surface area contributed by atoms with Gasteiger partial charge in [0.15, 0.2) is 0 Å². The first-order valence-electron chi connectivity index (χ1n) is 12.5. The van der Waals surface area contributed by atoms with Crippen molar-refractivity contribution in [1.82, 2.24) is 5.32 Å². The summed E-state index contributed by atoms with van der Waals surface area (Å²) in [6.45, 7) is 5.90. The molecule has 2 aromatic rings. The SMILES string of the molecule is CCC(C)/C(NC(O)O[C@H](C)c1ccccc1Cl)=C(\N)c1ccc(O[C@H]2CCC[C@H](C(=O)O)C2)cc1. The molecule has 3 rings (SSSR count). The van der Waals surface area contributed by atoms with Gasteiger partial charge in [0, 0.05) is 10.7 Å². The fraction of sp³-hybridized carbons (Fsp3) is 0.464. The minimum atomic E-state index is -1.28. The van der Waals surface area contributed by atoms with Gasteiger partial charge in [0.2, 0.25) is 6.41 Å². The molecular formula is C28H37ClN2O5. The van der Waals surface area contributed by atoms with Crippen LogP contribution >= 0.6 is 11.6 Å². The average molecular weight is 517 g/mol. The lowest BCUT2D eigenvalue weighted by Gasteiger charge is -2.27. The molecule has 0 aromatic heterocycles. The topological polar surface area (TPSA) is 114 Å². The van der Waals surface area contributed by atoms with Gasteiger partial charge in [0.25, 0.3) is 0 Å². The van der Waals surface area contributed by atoms with Gasteiger partial charge in [-0.2, -0.15) is 0 Å². The minimum absolute atomic E-state index is 0.0463. The maximum absolute atomic E-state index is 11.3. The summed E-state index contributed by atoms with van der Waals surface area (Å²) in [5, 5.41) is 23.6. The summed E-state index contributed by atoms with van der Waals surface area (Å²) < 4.78 is 11.8. The molecule has 2 unspecified atom stereocenters. The first kappa shape index (κ1) is 27.8. The molecule has 5 atom stereocenters. The molecule has 0 saturated heterocycles. The van der Waals surface area contributed by atoms with Crippen LogP contribution in [0.25, 0.3) is 5.70 Å². The number of aliphatic hydroxyl groups is 1. The van der Waals surface area contributed by atoms with Gasteiger partial charge in [-0.05, 0) is 86.4 Å². The summed E-state index contributed by atoms with van der Waals surface area (Å²) in [6.07, 6.45) is 1.90. The number of allylic oxidation sites excluding steroid dienone is 1. The summed E-state index contributed by atoms with van der Waals surface area (Å²) >= 11 is 6.26. The van der Waals surface area contributed by atoms with Crippen LogP contribution in [-0.2, 0) is 9.53 Å². The number of carbonyl (C=O) groups is 1. The maximum atomic E-state index is 11.3. The highest BCUT2D eigenvalue weighted by Gasteiger charge is 2.28. The molecule has 1 aliphatic carbocycles. The number of nitrogens with two attached hydrogens (primary N) is 1. The van der Waals surface area contributed by atoms with Gasteiger partial charge in [-0.3, -0.25) is 4.79 Å². The molecule has 36 heavy (non-hydrogen) atoms. The Labute approximate surface area is 218 Å². The van der Waals surface area contributed by atoms with E-state index in [1.54, 1.807) is 6.07 Å². The molecule has 7 nitrogen and oxygen atoms in total. The number of hydrogen-bond donors (Lipinski definition) is 4. The standard InChI is InChI=1S/C28H37ClN2O5/c1-4-17(2)26(31-28(34)35-18(3)23-10-5-6-11-24(23)29)25(30)19-12-14-21(15-13-19)36-22-9-7-8-20(16-22)27(32)33/h5-6,10-15,17-18,20,22,28,31,34H,4,7-9,16,30H2,1-3H3,(H,32,33)/b26-25+/t17?,18-,20+,22+,28?/m1/s1. The Hall–Kier alpha value is -2.74. The first-order valence-corrected chi connectivity index (χ1v) is 12.9. The molecule has 1 fully saturated rings. The van der Waals surface area contributed by atoms with E-state index in [4.69, 9.17) is 26.8 Å². The third-order valence-corrected chi connectivity index (χ3v) is 7.14. The number of halogens is 1. The van der Waals surface area contributed by atoms with E-state index in [-0.39, 0.29) is 17.9 Å². The fourth-order valence-electron chi connectivity index (χ4n) is 4.47. The number of carboxylic acids is 1. The van der Waals surface area contributed by atoms with E-state index < -0.39 is 18.5 Å². The summed E-state index contributed by atoms with van der Waals surface area (Å²) in [6, 6.07) is 14.8. The van der Waals surface area contributed by atoms with Gasteiger partial charge in [0.05, 0.1) is 23.8 Å². The van der Waals surface area contributed by atoms with Crippen molar-refractivity contribution in [3.63, 3.8) is 0 Å². The number of nitrogens with one attached hydrogen (secondary N) is 1. The van der Waals surface area contributed by atoms with Crippen LogP contribution in [0.2, 0.25) is 5.02 Å². The van der Waals surface area contributed by atoms with Crippen LogP contribution in [0.1, 0.15) is 70.1 Å². The van der Waals surface area contributed by atoms with Crippen LogP contribution in [0.4, 0.5) is 0 Å². The van der Waals surface area contributed by atoms with Crippen molar-refractivity contribution in [2.75, 3.05) is 0 Å². The third-order valence-electron chi connectivity index (χ3n) is 6.79.